The molecule has 0 fully saturated rings. The minimum atomic E-state index is -4.40. The summed E-state index contributed by atoms with van der Waals surface area (Å²) in [4.78, 5) is 22.7. The van der Waals surface area contributed by atoms with Gasteiger partial charge in [-0.25, -0.2) is 4.79 Å². The van der Waals surface area contributed by atoms with Crippen LogP contribution in [0.25, 0.3) is 0 Å². The molecule has 0 aromatic carbocycles. The standard InChI is InChI=1S/C15H16F3N3O4/c1-8-11(9(2)21(20-8)7-15(16,17)18)5-13(22)19-6-10-3-4-12(25-10)14(23)24/h3-4H,5-7H2,1-2H3,(H,19,22)(H,23,24). The molecule has 0 spiro atoms. The molecule has 0 aliphatic carbocycles. The Hall–Kier alpha value is -2.78. The molecule has 0 saturated carbocycles. The van der Waals surface area contributed by atoms with Crippen molar-refractivity contribution < 1.29 is 32.3 Å². The van der Waals surface area contributed by atoms with Crippen molar-refractivity contribution in [3.63, 3.8) is 0 Å². The molecular weight excluding hydrogens is 343 g/mol. The SMILES string of the molecule is Cc1nn(CC(F)(F)F)c(C)c1CC(=O)NCc1ccc(C(=O)O)o1. The third kappa shape index (κ3) is 4.85. The van der Waals surface area contributed by atoms with Crippen molar-refractivity contribution in [3.05, 3.63) is 40.6 Å². The van der Waals surface area contributed by atoms with E-state index in [1.807, 2.05) is 0 Å². The number of carboxylic acid groups (broad SMARTS) is 1. The summed E-state index contributed by atoms with van der Waals surface area (Å²) in [5, 5.41) is 15.1. The topological polar surface area (TPSA) is 97.4 Å². The summed E-state index contributed by atoms with van der Waals surface area (Å²) in [6.07, 6.45) is -4.54. The van der Waals surface area contributed by atoms with Gasteiger partial charge in [-0.2, -0.15) is 18.3 Å². The molecule has 136 valence electrons. The Morgan fingerprint density at radius 2 is 2.00 bits per heavy atom. The lowest BCUT2D eigenvalue weighted by Crippen LogP contribution is -2.25. The maximum absolute atomic E-state index is 12.5. The second-order valence-electron chi connectivity index (χ2n) is 5.45. The lowest BCUT2D eigenvalue weighted by atomic mass is 10.1. The van der Waals surface area contributed by atoms with Gasteiger partial charge in [0.25, 0.3) is 0 Å². The number of carbonyl (C=O) groups excluding carboxylic acids is 1. The molecule has 2 aromatic rings. The van der Waals surface area contributed by atoms with Crippen molar-refractivity contribution >= 4 is 11.9 Å². The summed E-state index contributed by atoms with van der Waals surface area (Å²) in [6, 6.07) is 2.68. The van der Waals surface area contributed by atoms with Crippen LogP contribution in [0.2, 0.25) is 0 Å². The van der Waals surface area contributed by atoms with Crippen molar-refractivity contribution in [3.8, 4) is 0 Å². The first kappa shape index (κ1) is 18.6. The Morgan fingerprint density at radius 1 is 1.32 bits per heavy atom. The van der Waals surface area contributed by atoms with E-state index in [0.29, 0.717) is 11.3 Å². The summed E-state index contributed by atoms with van der Waals surface area (Å²) >= 11 is 0. The number of amides is 1. The smallest absolute Gasteiger partial charge is 0.408 e. The van der Waals surface area contributed by atoms with Gasteiger partial charge in [0.1, 0.15) is 12.3 Å². The number of hydrogen-bond acceptors (Lipinski definition) is 4. The summed E-state index contributed by atoms with van der Waals surface area (Å²) in [5.74, 6) is -1.65. The second-order valence-corrected chi connectivity index (χ2v) is 5.45. The molecule has 0 saturated heterocycles. The van der Waals surface area contributed by atoms with E-state index in [1.54, 1.807) is 0 Å². The van der Waals surface area contributed by atoms with Crippen LogP contribution >= 0.6 is 0 Å². The van der Waals surface area contributed by atoms with Crippen molar-refractivity contribution in [2.45, 2.75) is 39.5 Å². The number of rotatable bonds is 6. The summed E-state index contributed by atoms with van der Waals surface area (Å²) in [6.45, 7) is 1.76. The fourth-order valence-electron chi connectivity index (χ4n) is 2.31. The Bertz CT molecular complexity index is 793. The Balaban J connectivity index is 1.99. The molecule has 25 heavy (non-hydrogen) atoms. The molecule has 2 heterocycles. The number of carboxylic acids is 1. The molecule has 0 aliphatic rings. The first-order valence-electron chi connectivity index (χ1n) is 7.25. The van der Waals surface area contributed by atoms with Crippen LogP contribution in [0.3, 0.4) is 0 Å². The highest BCUT2D eigenvalue weighted by atomic mass is 19.4. The third-order valence-corrected chi connectivity index (χ3v) is 3.53. The Morgan fingerprint density at radius 3 is 2.56 bits per heavy atom. The van der Waals surface area contributed by atoms with Gasteiger partial charge in [-0.1, -0.05) is 0 Å². The third-order valence-electron chi connectivity index (χ3n) is 3.53. The zero-order chi connectivity index (χ0) is 18.8. The monoisotopic (exact) mass is 359 g/mol. The average Bonchev–Trinajstić information content (AvgIpc) is 3.05. The van der Waals surface area contributed by atoms with Gasteiger partial charge in [0.15, 0.2) is 0 Å². The van der Waals surface area contributed by atoms with Crippen molar-refractivity contribution in [2.24, 2.45) is 0 Å². The van der Waals surface area contributed by atoms with Crippen LogP contribution in [0.4, 0.5) is 13.2 Å². The molecule has 2 rings (SSSR count). The predicted molar refractivity (Wildman–Crippen MR) is 79.0 cm³/mol. The number of aromatic carboxylic acids is 1. The highest BCUT2D eigenvalue weighted by molar-refractivity contribution is 5.84. The minimum absolute atomic E-state index is 0.0269. The Kier molecular flexibility index (Phi) is 5.19. The number of carbonyl (C=O) groups is 2. The molecule has 0 bridgehead atoms. The van der Waals surface area contributed by atoms with Crippen molar-refractivity contribution in [1.82, 2.24) is 15.1 Å². The Labute approximate surface area is 140 Å². The van der Waals surface area contributed by atoms with Crippen LogP contribution in [0.1, 0.15) is 33.3 Å². The van der Waals surface area contributed by atoms with Gasteiger partial charge in [-0.05, 0) is 26.0 Å². The lowest BCUT2D eigenvalue weighted by Gasteiger charge is -2.08. The predicted octanol–water partition coefficient (Wildman–Crippen LogP) is 2.21. The van der Waals surface area contributed by atoms with Crippen LogP contribution in [0.15, 0.2) is 16.5 Å². The molecule has 2 N–H and O–H groups in total. The van der Waals surface area contributed by atoms with Crippen LogP contribution in [0, 0.1) is 13.8 Å². The number of nitrogens with zero attached hydrogens (tertiary/aromatic N) is 2. The molecule has 2 aromatic heterocycles. The van der Waals surface area contributed by atoms with Gasteiger partial charge in [0.05, 0.1) is 18.7 Å². The van der Waals surface area contributed by atoms with Crippen LogP contribution in [0.5, 0.6) is 0 Å². The number of furan rings is 1. The first-order valence-corrected chi connectivity index (χ1v) is 7.25. The second kappa shape index (κ2) is 6.99. The number of alkyl halides is 3. The van der Waals surface area contributed by atoms with Gasteiger partial charge >= 0.3 is 12.1 Å². The molecule has 10 heteroatoms. The summed E-state index contributed by atoms with van der Waals surface area (Å²) in [5.41, 5.74) is 1.05. The number of aryl methyl sites for hydroxylation is 1. The van der Waals surface area contributed by atoms with Crippen molar-refractivity contribution in [2.75, 3.05) is 0 Å². The number of nitrogens with one attached hydrogen (secondary N) is 1. The number of aromatic nitrogens is 2. The first-order chi connectivity index (χ1) is 11.6. The maximum Gasteiger partial charge on any atom is 0.408 e. The largest absolute Gasteiger partial charge is 0.475 e. The van der Waals surface area contributed by atoms with E-state index < -0.39 is 24.6 Å². The van der Waals surface area contributed by atoms with E-state index >= 15 is 0 Å². The highest BCUT2D eigenvalue weighted by Gasteiger charge is 2.30. The van der Waals surface area contributed by atoms with E-state index in [0.717, 1.165) is 4.68 Å². The molecule has 0 aliphatic heterocycles. The molecule has 7 nitrogen and oxygen atoms in total. The number of hydrogen-bond donors (Lipinski definition) is 2. The molecule has 1 amide bonds. The maximum atomic E-state index is 12.5. The van der Waals surface area contributed by atoms with E-state index in [2.05, 4.69) is 10.4 Å². The van der Waals surface area contributed by atoms with Crippen LogP contribution in [-0.2, 0) is 24.3 Å². The van der Waals surface area contributed by atoms with E-state index in [1.165, 1.54) is 26.0 Å². The number of halogens is 3. The van der Waals surface area contributed by atoms with Gasteiger partial charge in [-0.15, -0.1) is 0 Å². The van der Waals surface area contributed by atoms with E-state index in [-0.39, 0.29) is 30.2 Å². The van der Waals surface area contributed by atoms with Gasteiger partial charge in [-0.3, -0.25) is 9.48 Å². The molecule has 0 unspecified atom stereocenters. The minimum Gasteiger partial charge on any atom is -0.475 e. The summed E-state index contributed by atoms with van der Waals surface area (Å²) < 4.78 is 43.3. The van der Waals surface area contributed by atoms with Crippen LogP contribution < -0.4 is 5.32 Å². The van der Waals surface area contributed by atoms with E-state index in [9.17, 15) is 22.8 Å². The molecular formula is C15H16F3N3O4. The average molecular weight is 359 g/mol. The normalized spacial score (nSPS) is 11.6. The zero-order valence-corrected chi connectivity index (χ0v) is 13.5. The van der Waals surface area contributed by atoms with Crippen LogP contribution in [-0.4, -0.2) is 32.9 Å². The molecule has 0 radical (unpaired) electrons. The fraction of sp³-hybridized carbons (Fsp3) is 0.400. The quantitative estimate of drug-likeness (QED) is 0.824. The van der Waals surface area contributed by atoms with Gasteiger partial charge in [0.2, 0.25) is 11.7 Å². The van der Waals surface area contributed by atoms with Gasteiger partial charge in [0, 0.05) is 11.3 Å². The van der Waals surface area contributed by atoms with E-state index in [4.69, 9.17) is 9.52 Å². The van der Waals surface area contributed by atoms with Gasteiger partial charge < -0.3 is 14.8 Å². The van der Waals surface area contributed by atoms with Crippen molar-refractivity contribution in [1.29, 1.82) is 0 Å². The highest BCUT2D eigenvalue weighted by Crippen LogP contribution is 2.21. The summed E-state index contributed by atoms with van der Waals surface area (Å²) in [7, 11) is 0. The zero-order valence-electron chi connectivity index (χ0n) is 13.5. The lowest BCUT2D eigenvalue weighted by molar-refractivity contribution is -0.143. The fourth-order valence-corrected chi connectivity index (χ4v) is 2.31. The molecule has 0 atom stereocenters.